The van der Waals surface area contributed by atoms with Crippen molar-refractivity contribution < 1.29 is 39.6 Å². The third-order valence-corrected chi connectivity index (χ3v) is 1.11. The second kappa shape index (κ2) is 12.9. The van der Waals surface area contributed by atoms with Crippen LogP contribution in [-0.2, 0) is 19.2 Å². The zero-order chi connectivity index (χ0) is 13.1. The molecule has 0 radical (unpaired) electrons. The van der Waals surface area contributed by atoms with Gasteiger partial charge < -0.3 is 20.4 Å². The van der Waals surface area contributed by atoms with Crippen LogP contribution in [0.15, 0.2) is 0 Å². The number of carboxylic acid groups (broad SMARTS) is 4. The van der Waals surface area contributed by atoms with Gasteiger partial charge in [0.15, 0.2) is 0 Å². The second-order valence-electron chi connectivity index (χ2n) is 2.57. The first-order valence-electron chi connectivity index (χ1n) is 4.13. The minimum absolute atomic E-state index is 0. The Balaban J connectivity index is -0.000000218. The first kappa shape index (κ1) is 21.2. The molecule has 0 spiro atoms. The summed E-state index contributed by atoms with van der Waals surface area (Å²) < 4.78 is 0. The van der Waals surface area contributed by atoms with E-state index in [1.54, 1.807) is 0 Å². The third-order valence-electron chi connectivity index (χ3n) is 1.11. The summed E-state index contributed by atoms with van der Waals surface area (Å²) in [5, 5.41) is 31.6. The van der Waals surface area contributed by atoms with E-state index in [0.717, 1.165) is 0 Å². The Morgan fingerprint density at radius 2 is 0.647 bits per heavy atom. The molecular formula is C8H13NaO8. The van der Waals surface area contributed by atoms with Crippen LogP contribution in [0.1, 0.15) is 25.7 Å². The number of aliphatic carboxylic acids is 4. The molecule has 0 aliphatic heterocycles. The molecule has 0 aromatic carbocycles. The van der Waals surface area contributed by atoms with E-state index >= 15 is 0 Å². The zero-order valence-corrected chi connectivity index (χ0v) is 8.25. The molecule has 0 atom stereocenters. The van der Waals surface area contributed by atoms with Crippen molar-refractivity contribution in [3.05, 3.63) is 0 Å². The molecule has 0 amide bonds. The van der Waals surface area contributed by atoms with Gasteiger partial charge in [0.25, 0.3) is 0 Å². The van der Waals surface area contributed by atoms with Crippen LogP contribution in [0.5, 0.6) is 0 Å². The maximum absolute atomic E-state index is 9.64. The zero-order valence-electron chi connectivity index (χ0n) is 8.25. The van der Waals surface area contributed by atoms with Gasteiger partial charge >= 0.3 is 53.4 Å². The Hall–Kier alpha value is -1.12. The molecule has 0 heterocycles. The minimum atomic E-state index is -1.08. The van der Waals surface area contributed by atoms with Crippen molar-refractivity contribution in [3.8, 4) is 0 Å². The average Bonchev–Trinajstić information content (AvgIpc) is 2.12. The molecule has 94 valence electrons. The van der Waals surface area contributed by atoms with Crippen molar-refractivity contribution in [2.75, 3.05) is 0 Å². The molecule has 0 fully saturated rings. The standard InChI is InChI=1S/2C4H6O4.Na.H/c2*5-3(6)1-2-4(7)8;;/h2*1-2H2,(H,5,6)(H,7,8);;. The average molecular weight is 260 g/mol. The van der Waals surface area contributed by atoms with Gasteiger partial charge in [-0.3, -0.25) is 19.2 Å². The van der Waals surface area contributed by atoms with Gasteiger partial charge in [0.2, 0.25) is 0 Å². The van der Waals surface area contributed by atoms with Crippen LogP contribution in [0, 0.1) is 0 Å². The topological polar surface area (TPSA) is 149 Å². The second-order valence-corrected chi connectivity index (χ2v) is 2.57. The summed E-state index contributed by atoms with van der Waals surface area (Å²) in [5.74, 6) is -4.31. The van der Waals surface area contributed by atoms with E-state index in [4.69, 9.17) is 20.4 Å². The molecule has 0 aliphatic carbocycles. The fourth-order valence-electron chi connectivity index (χ4n) is 0.428. The van der Waals surface area contributed by atoms with Gasteiger partial charge in [0.05, 0.1) is 25.7 Å². The van der Waals surface area contributed by atoms with Crippen LogP contribution < -0.4 is 0 Å². The Kier molecular flexibility index (Phi) is 16.1. The Labute approximate surface area is 119 Å². The SMILES string of the molecule is O=C(O)CCC(=O)O.O=C(O)CCC(=O)O.[NaH]. The van der Waals surface area contributed by atoms with E-state index in [1.165, 1.54) is 0 Å². The van der Waals surface area contributed by atoms with Gasteiger partial charge in [-0.1, -0.05) is 0 Å². The van der Waals surface area contributed by atoms with Crippen LogP contribution in [0.3, 0.4) is 0 Å². The molecule has 8 nitrogen and oxygen atoms in total. The van der Waals surface area contributed by atoms with Crippen LogP contribution in [0.2, 0.25) is 0 Å². The third kappa shape index (κ3) is 31.3. The molecule has 4 N–H and O–H groups in total. The van der Waals surface area contributed by atoms with E-state index in [0.29, 0.717) is 0 Å². The van der Waals surface area contributed by atoms with E-state index in [1.807, 2.05) is 0 Å². The fraction of sp³-hybridized carbons (Fsp3) is 0.500. The summed E-state index contributed by atoms with van der Waals surface area (Å²) in [4.78, 5) is 38.6. The Morgan fingerprint density at radius 3 is 0.706 bits per heavy atom. The summed E-state index contributed by atoms with van der Waals surface area (Å²) in [5.41, 5.74) is 0. The van der Waals surface area contributed by atoms with E-state index < -0.39 is 23.9 Å². The molecule has 0 aliphatic rings. The predicted octanol–water partition coefficient (Wildman–Crippen LogP) is -0.777. The molecule has 0 rings (SSSR count). The Morgan fingerprint density at radius 1 is 0.529 bits per heavy atom. The number of carboxylic acids is 4. The van der Waals surface area contributed by atoms with Gasteiger partial charge in [0.1, 0.15) is 0 Å². The van der Waals surface area contributed by atoms with Crippen molar-refractivity contribution >= 4 is 53.4 Å². The molecule has 0 bridgehead atoms. The van der Waals surface area contributed by atoms with Gasteiger partial charge in [0, 0.05) is 0 Å². The van der Waals surface area contributed by atoms with Gasteiger partial charge in [-0.2, -0.15) is 0 Å². The summed E-state index contributed by atoms with van der Waals surface area (Å²) in [6.45, 7) is 0. The first-order valence-corrected chi connectivity index (χ1v) is 4.13. The normalized spacial score (nSPS) is 8.00. The summed E-state index contributed by atoms with van der Waals surface area (Å²) >= 11 is 0. The van der Waals surface area contributed by atoms with Crippen molar-refractivity contribution in [1.29, 1.82) is 0 Å². The van der Waals surface area contributed by atoms with Gasteiger partial charge in [-0.15, -0.1) is 0 Å². The molecular weight excluding hydrogens is 247 g/mol. The summed E-state index contributed by atoms with van der Waals surface area (Å²) in [7, 11) is 0. The van der Waals surface area contributed by atoms with E-state index in [-0.39, 0.29) is 55.2 Å². The summed E-state index contributed by atoms with van der Waals surface area (Å²) in [6.07, 6.45) is -1.19. The molecule has 17 heavy (non-hydrogen) atoms. The number of hydrogen-bond donors (Lipinski definition) is 4. The van der Waals surface area contributed by atoms with Gasteiger partial charge in [-0.25, -0.2) is 0 Å². The Bertz CT molecular complexity index is 219. The predicted molar refractivity (Wildman–Crippen MR) is 56.2 cm³/mol. The molecule has 0 aromatic rings. The molecule has 0 unspecified atom stereocenters. The van der Waals surface area contributed by atoms with Crippen molar-refractivity contribution in [1.82, 2.24) is 0 Å². The molecule has 0 saturated carbocycles. The molecule has 9 heteroatoms. The molecule has 0 saturated heterocycles. The van der Waals surface area contributed by atoms with Crippen molar-refractivity contribution in [2.24, 2.45) is 0 Å². The van der Waals surface area contributed by atoms with Crippen molar-refractivity contribution in [2.45, 2.75) is 25.7 Å². The van der Waals surface area contributed by atoms with Crippen LogP contribution in [0.25, 0.3) is 0 Å². The maximum atomic E-state index is 9.64. The quantitative estimate of drug-likeness (QED) is 0.454. The van der Waals surface area contributed by atoms with Crippen LogP contribution in [0.4, 0.5) is 0 Å². The number of hydrogen-bond acceptors (Lipinski definition) is 4. The van der Waals surface area contributed by atoms with Crippen LogP contribution >= 0.6 is 0 Å². The van der Waals surface area contributed by atoms with Gasteiger partial charge in [-0.05, 0) is 0 Å². The van der Waals surface area contributed by atoms with E-state index in [2.05, 4.69) is 0 Å². The first-order chi connectivity index (χ1) is 7.25. The van der Waals surface area contributed by atoms with E-state index in [9.17, 15) is 19.2 Å². The van der Waals surface area contributed by atoms with Crippen molar-refractivity contribution in [3.63, 3.8) is 0 Å². The number of carbonyl (C=O) groups is 4. The monoisotopic (exact) mass is 260 g/mol. The summed E-state index contributed by atoms with van der Waals surface area (Å²) in [6, 6.07) is 0. The number of rotatable bonds is 6. The van der Waals surface area contributed by atoms with Crippen LogP contribution in [-0.4, -0.2) is 73.9 Å². The fourth-order valence-corrected chi connectivity index (χ4v) is 0.428. The molecule has 0 aromatic heterocycles.